The number of hydrogen-bond acceptors (Lipinski definition) is 1. The van der Waals surface area contributed by atoms with Crippen LogP contribution in [0.4, 0.5) is 16.0 Å². The van der Waals surface area contributed by atoms with Gasteiger partial charge in [0.05, 0.1) is 0 Å². The van der Waals surface area contributed by atoms with Crippen molar-refractivity contribution in [2.24, 2.45) is 0 Å². The molecule has 1 radical (unpaired) electrons. The summed E-state index contributed by atoms with van der Waals surface area (Å²) in [5, 5.41) is 0. The Hall–Kier alpha value is -1.11. The van der Waals surface area contributed by atoms with Crippen LogP contribution < -0.4 is 0 Å². The Balaban J connectivity index is 2.11. The van der Waals surface area contributed by atoms with E-state index in [9.17, 15) is 16.0 Å². The van der Waals surface area contributed by atoms with Gasteiger partial charge in [-0.05, 0) is 0 Å². The van der Waals surface area contributed by atoms with Crippen molar-refractivity contribution < 1.29 is 16.0 Å². The molecule has 0 atom stereocenters. The molecule has 1 aromatic carbocycles. The number of aromatic nitrogens is 1. The molecule has 0 bridgehead atoms. The summed E-state index contributed by atoms with van der Waals surface area (Å²) in [6.45, 7) is 0. The number of benzene rings is 1. The molecule has 0 spiro atoms. The number of hydrogen-bond donors (Lipinski definition) is 0. The summed E-state index contributed by atoms with van der Waals surface area (Å²) in [7, 11) is 0. The predicted molar refractivity (Wildman–Crippen MR) is 74.9 cm³/mol. The van der Waals surface area contributed by atoms with Crippen LogP contribution in [0.1, 0.15) is 22.4 Å². The average molecular weight is 403 g/mol. The van der Waals surface area contributed by atoms with Crippen LogP contribution in [0.5, 0.6) is 0 Å². The van der Waals surface area contributed by atoms with Crippen LogP contribution in [0.2, 0.25) is 4.94 Å². The van der Waals surface area contributed by atoms with Crippen molar-refractivity contribution in [2.75, 3.05) is 0 Å². The van der Waals surface area contributed by atoms with Crippen LogP contribution in [-0.2, 0) is 17.0 Å². The Morgan fingerprint density at radius 3 is 2.43 bits per heavy atom. The van der Waals surface area contributed by atoms with Crippen molar-refractivity contribution in [3.8, 4) is 0 Å². The first-order chi connectivity index (χ1) is 9.84. The van der Waals surface area contributed by atoms with Gasteiger partial charge in [-0.2, -0.15) is 0 Å². The van der Waals surface area contributed by atoms with E-state index in [1.54, 1.807) is 29.3 Å². The molecule has 0 saturated carbocycles. The third-order valence-corrected chi connectivity index (χ3v) is 5.53. The minimum atomic E-state index is -4.34. The molecule has 6 heteroatoms. The number of alkyl halides is 3. The van der Waals surface area contributed by atoms with Gasteiger partial charge in [-0.3, -0.25) is 0 Å². The van der Waals surface area contributed by atoms with E-state index in [0.29, 0.717) is 22.1 Å². The summed E-state index contributed by atoms with van der Waals surface area (Å²) in [6.07, 6.45) is -2.39. The number of pyridine rings is 1. The second-order valence-corrected chi connectivity index (χ2v) is 9.75. The maximum absolute atomic E-state index is 13.1. The fraction of sp³-hybridized carbons (Fsp3) is 0.267. The molecule has 0 N–H and O–H groups in total. The van der Waals surface area contributed by atoms with Gasteiger partial charge in [0.2, 0.25) is 0 Å². The van der Waals surface area contributed by atoms with Crippen molar-refractivity contribution in [1.82, 2.24) is 4.98 Å². The molecule has 0 aliphatic heterocycles. The first kappa shape index (κ1) is 16.3. The molecule has 0 aliphatic rings. The fourth-order valence-corrected chi connectivity index (χ4v) is 4.21. The summed E-state index contributed by atoms with van der Waals surface area (Å²) >= 11 is -2.68. The van der Waals surface area contributed by atoms with Crippen molar-refractivity contribution in [3.63, 3.8) is 0 Å². The van der Waals surface area contributed by atoms with Crippen LogP contribution in [-0.4, -0.2) is 25.3 Å². The van der Waals surface area contributed by atoms with Crippen LogP contribution in [0.3, 0.4) is 0 Å². The van der Waals surface area contributed by atoms with Crippen LogP contribution in [0.25, 0.3) is 0 Å². The summed E-state index contributed by atoms with van der Waals surface area (Å²) in [6, 6.07) is 8.78. The van der Waals surface area contributed by atoms with Crippen molar-refractivity contribution in [2.45, 2.75) is 22.0 Å². The Labute approximate surface area is 128 Å². The van der Waals surface area contributed by atoms with E-state index in [4.69, 9.17) is 0 Å². The maximum atomic E-state index is 13.1. The topological polar surface area (TPSA) is 12.9 Å². The predicted octanol–water partition coefficient (Wildman–Crippen LogP) is 4.36. The molecule has 0 fully saturated rings. The van der Waals surface area contributed by atoms with Gasteiger partial charge in [-0.25, -0.2) is 0 Å². The van der Waals surface area contributed by atoms with Crippen molar-refractivity contribution in [1.29, 1.82) is 0 Å². The van der Waals surface area contributed by atoms with Gasteiger partial charge in [0, 0.05) is 0 Å². The zero-order chi connectivity index (χ0) is 15.5. The third kappa shape index (κ3) is 4.98. The van der Waals surface area contributed by atoms with Gasteiger partial charge >= 0.3 is 128 Å². The summed E-state index contributed by atoms with van der Waals surface area (Å²) in [5.74, 6) is 0. The van der Waals surface area contributed by atoms with Gasteiger partial charge in [-0.15, -0.1) is 0 Å². The SMILES string of the molecule is [CH3][Sn]([F])[CH2]c1ccc(Cc2cccc(C(F)(F)F)c2)nc1. The van der Waals surface area contributed by atoms with Gasteiger partial charge in [-0.1, -0.05) is 0 Å². The molecule has 111 valence electrons. The summed E-state index contributed by atoms with van der Waals surface area (Å²) < 4.78 is 51.4. The quantitative estimate of drug-likeness (QED) is 0.546. The van der Waals surface area contributed by atoms with Gasteiger partial charge in [0.25, 0.3) is 0 Å². The van der Waals surface area contributed by atoms with Crippen molar-refractivity contribution >= 4 is 20.3 Å². The molecule has 2 aromatic rings. The Morgan fingerprint density at radius 2 is 1.86 bits per heavy atom. The Morgan fingerprint density at radius 1 is 1.10 bits per heavy atom. The van der Waals surface area contributed by atoms with E-state index in [-0.39, 0.29) is 0 Å². The fourth-order valence-electron chi connectivity index (χ4n) is 2.01. The molecule has 0 saturated heterocycles. The summed E-state index contributed by atoms with van der Waals surface area (Å²) in [5.41, 5.74) is 1.44. The molecule has 0 unspecified atom stereocenters. The molecule has 1 nitrogen and oxygen atoms in total. The molecular weight excluding hydrogens is 389 g/mol. The van der Waals surface area contributed by atoms with E-state index in [1.165, 1.54) is 6.07 Å². The monoisotopic (exact) mass is 404 g/mol. The normalized spacial score (nSPS) is 11.9. The van der Waals surface area contributed by atoms with Gasteiger partial charge in [0.1, 0.15) is 0 Å². The first-order valence-corrected chi connectivity index (χ1v) is 12.4. The van der Waals surface area contributed by atoms with Gasteiger partial charge < -0.3 is 0 Å². The van der Waals surface area contributed by atoms with Crippen LogP contribution in [0.15, 0.2) is 42.6 Å². The Kier molecular flexibility index (Phi) is 5.24. The van der Waals surface area contributed by atoms with E-state index in [0.717, 1.165) is 17.7 Å². The van der Waals surface area contributed by atoms with Crippen LogP contribution >= 0.6 is 0 Å². The standard InChI is InChI=1S/C14H11F3N.CH3.FH.Sn/c1-10-5-6-13(18-9-10)8-11-3-2-4-12(7-11)14(15,16)17;;;/h2-7,9H,1,8H2;1H3;1H;/q;;;+1/p-1. The van der Waals surface area contributed by atoms with Crippen LogP contribution in [0, 0.1) is 0 Å². The zero-order valence-corrected chi connectivity index (χ0v) is 14.3. The van der Waals surface area contributed by atoms with E-state index >= 15 is 0 Å². The minimum absolute atomic E-state index is 0.331. The number of halogens is 4. The average Bonchev–Trinajstić information content (AvgIpc) is 2.40. The van der Waals surface area contributed by atoms with Crippen molar-refractivity contribution in [3.05, 3.63) is 65.0 Å². The number of rotatable bonds is 4. The second-order valence-electron chi connectivity index (χ2n) is 4.89. The molecule has 21 heavy (non-hydrogen) atoms. The molecule has 0 aliphatic carbocycles. The number of nitrogens with zero attached hydrogens (tertiary/aromatic N) is 1. The Bertz CT molecular complexity index is 593. The third-order valence-electron chi connectivity index (χ3n) is 2.97. The molecule has 0 amide bonds. The van der Waals surface area contributed by atoms with Gasteiger partial charge in [0.15, 0.2) is 0 Å². The first-order valence-electron chi connectivity index (χ1n) is 6.42. The summed E-state index contributed by atoms with van der Waals surface area (Å²) in [4.78, 5) is 5.87. The molecule has 2 rings (SSSR count). The second kappa shape index (κ2) is 6.77. The van der Waals surface area contributed by atoms with E-state index in [2.05, 4.69) is 4.98 Å². The zero-order valence-electron chi connectivity index (χ0n) is 11.4. The molecule has 1 aromatic heterocycles. The molecule has 1 heterocycles. The van der Waals surface area contributed by atoms with E-state index in [1.807, 2.05) is 0 Å². The molecular formula is C15H14F4NSn. The van der Waals surface area contributed by atoms with E-state index < -0.39 is 32.1 Å².